The first-order valence-electron chi connectivity index (χ1n) is 34.8. The van der Waals surface area contributed by atoms with Gasteiger partial charge in [-0.05, 0) is 167 Å². The van der Waals surface area contributed by atoms with Gasteiger partial charge in [0.05, 0.1) is 35.1 Å². The summed E-state index contributed by atoms with van der Waals surface area (Å²) in [5, 5.41) is 4.65. The molecular formula is C84H76F6N6O10. The number of alkyl halides is 6. The van der Waals surface area contributed by atoms with E-state index in [-0.39, 0.29) is 124 Å². The minimum absolute atomic E-state index is 0.00229. The molecule has 544 valence electrons. The lowest BCUT2D eigenvalue weighted by Crippen LogP contribution is -2.53. The topological polar surface area (TPSA) is 176 Å². The Balaban J connectivity index is 1.18. The van der Waals surface area contributed by atoms with Crippen molar-refractivity contribution in [2.45, 2.75) is 116 Å². The first-order valence-corrected chi connectivity index (χ1v) is 34.8. The maximum atomic E-state index is 16.1. The number of amides is 6. The van der Waals surface area contributed by atoms with E-state index in [9.17, 15) is 9.59 Å². The van der Waals surface area contributed by atoms with E-state index in [4.69, 9.17) is 18.9 Å². The summed E-state index contributed by atoms with van der Waals surface area (Å²) in [5.41, 5.74) is 3.40. The van der Waals surface area contributed by atoms with Gasteiger partial charge in [-0.1, -0.05) is 104 Å². The lowest BCUT2D eigenvalue weighted by atomic mass is 9.80. The van der Waals surface area contributed by atoms with Crippen LogP contribution in [0.1, 0.15) is 156 Å². The summed E-state index contributed by atoms with van der Waals surface area (Å²) >= 11 is 0. The third-order valence-electron chi connectivity index (χ3n) is 19.4. The number of anilines is 4. The zero-order chi connectivity index (χ0) is 75.9. The Hall–Kier alpha value is -11.7. The van der Waals surface area contributed by atoms with Crippen LogP contribution in [0.2, 0.25) is 0 Å². The largest absolute Gasteiger partial charge is 0.457 e. The molecule has 2 aliphatic rings. The Morgan fingerprint density at radius 2 is 0.575 bits per heavy atom. The second-order valence-electron chi connectivity index (χ2n) is 28.5. The zero-order valence-electron chi connectivity index (χ0n) is 60.2. The van der Waals surface area contributed by atoms with E-state index in [0.29, 0.717) is 21.2 Å². The normalized spacial score (nSPS) is 13.8. The average Bonchev–Trinajstić information content (AvgIpc) is 0.670. The molecule has 0 radical (unpaired) electrons. The number of ether oxygens (including phenoxy) is 4. The molecule has 0 saturated heterocycles. The van der Waals surface area contributed by atoms with Gasteiger partial charge in [0, 0.05) is 94.0 Å². The fourth-order valence-electron chi connectivity index (χ4n) is 13.8. The van der Waals surface area contributed by atoms with Gasteiger partial charge in [-0.2, -0.15) is 26.3 Å². The van der Waals surface area contributed by atoms with Crippen LogP contribution < -0.4 is 39.4 Å². The van der Waals surface area contributed by atoms with E-state index in [1.54, 1.807) is 159 Å². The van der Waals surface area contributed by atoms with Crippen LogP contribution in [0.4, 0.5) is 49.1 Å². The first kappa shape index (κ1) is 72.7. The number of hydrogen-bond donors (Lipinski definition) is 2. The summed E-state index contributed by atoms with van der Waals surface area (Å²) in [4.78, 5) is 98.3. The highest BCUT2D eigenvalue weighted by molar-refractivity contribution is 6.45. The summed E-state index contributed by atoms with van der Waals surface area (Å²) in [6, 6.07) is 40.0. The van der Waals surface area contributed by atoms with Crippen molar-refractivity contribution < 1.29 is 74.1 Å². The Kier molecular flexibility index (Phi) is 19.2. The zero-order valence-corrected chi connectivity index (χ0v) is 60.2. The van der Waals surface area contributed by atoms with E-state index in [1.807, 2.05) is 55.4 Å². The quantitative estimate of drug-likeness (QED) is 0.0285. The molecule has 0 fully saturated rings. The van der Waals surface area contributed by atoms with Gasteiger partial charge in [-0.25, -0.2) is 0 Å². The van der Waals surface area contributed by atoms with E-state index in [2.05, 4.69) is 10.6 Å². The van der Waals surface area contributed by atoms with E-state index in [0.717, 1.165) is 22.3 Å². The molecule has 2 atom stereocenters. The van der Waals surface area contributed by atoms with Gasteiger partial charge in [-0.15, -0.1) is 0 Å². The van der Waals surface area contributed by atoms with Gasteiger partial charge in [0.25, 0.3) is 23.6 Å². The standard InChI is InChI=1S/C84H76F6N6O10/c1-43(2)47-13-29-55(30-14-47)103-65-37-59-69-60(80(100)95(79(59)99)63(41-83(85,86)87)77(97)91-51-21-25-53(26-22-51)93(9)10)39-67(105-57-33-17-49(18-34-57)45(5)6)73-74-68(106-58-35-19-50(20-36-58)46(7)8)40-62-70-61(38-66(72(76(70)74)71(65)75(69)73)104-56-31-15-48(16-32-56)44(3)4)81(101)96(82(62)102)64(42-84(88,89)90)78(98)92-52-23-27-54(28-24-52)94(11)12/h13-40,43-46,63-64H,41-42H2,1-12H3,(H,91,97)(H,92,98). The fourth-order valence-corrected chi connectivity index (χ4v) is 13.8. The predicted octanol–water partition coefficient (Wildman–Crippen LogP) is 20.6. The predicted molar refractivity (Wildman–Crippen MR) is 399 cm³/mol. The number of imide groups is 2. The Morgan fingerprint density at radius 1 is 0.349 bits per heavy atom. The lowest BCUT2D eigenvalue weighted by Gasteiger charge is -2.36. The van der Waals surface area contributed by atoms with Crippen molar-refractivity contribution in [2.75, 3.05) is 48.6 Å². The van der Waals surface area contributed by atoms with Gasteiger partial charge in [0.2, 0.25) is 11.8 Å². The Labute approximate surface area is 607 Å². The molecule has 0 spiro atoms. The molecule has 0 aromatic heterocycles. The number of benzene rings is 11. The number of carbonyl (C=O) groups excluding carboxylic acids is 6. The minimum Gasteiger partial charge on any atom is -0.457 e. The van der Waals surface area contributed by atoms with Crippen LogP contribution in [0.5, 0.6) is 46.0 Å². The summed E-state index contributed by atoms with van der Waals surface area (Å²) in [7, 11) is 7.08. The number of nitrogens with zero attached hydrogens (tertiary/aromatic N) is 4. The fraction of sp³-hybridized carbons (Fsp3) is 0.262. The molecule has 22 heteroatoms. The molecule has 2 unspecified atom stereocenters. The SMILES string of the molecule is CC(C)c1ccc(Oc2cc3c4c(cc(Oc5ccc(C(C)C)cc5)c5c6c(Oc7ccc(C(C)C)cc7)cc7c8c(cc(Oc9ccc(C(C)C)cc9)c(c2c45)c86)C(=O)N(C(CC(F)(F)F)C(=O)Nc2ccc(N(C)C)cc2)C7=O)C(=O)N(C(CC(F)(F)F)C(=O)Nc2ccc(N(C)C)cc2)C3=O)cc1. The molecule has 16 nitrogen and oxygen atoms in total. The van der Waals surface area contributed by atoms with Gasteiger partial charge in [-0.3, -0.25) is 38.6 Å². The molecule has 2 aliphatic heterocycles. The number of carbonyl (C=O) groups is 6. The van der Waals surface area contributed by atoms with Gasteiger partial charge in [0.15, 0.2) is 0 Å². The molecule has 11 aromatic carbocycles. The van der Waals surface area contributed by atoms with Gasteiger partial charge < -0.3 is 39.4 Å². The van der Waals surface area contributed by atoms with Crippen LogP contribution in [0, 0.1) is 0 Å². The Morgan fingerprint density at radius 3 is 0.774 bits per heavy atom. The number of nitrogens with one attached hydrogen (secondary N) is 2. The van der Waals surface area contributed by atoms with Crippen molar-refractivity contribution >= 4 is 101 Å². The van der Waals surface area contributed by atoms with Crippen LogP contribution >= 0.6 is 0 Å². The van der Waals surface area contributed by atoms with Gasteiger partial charge in [0.1, 0.15) is 58.1 Å². The maximum absolute atomic E-state index is 16.1. The highest BCUT2D eigenvalue weighted by atomic mass is 19.4. The molecule has 13 rings (SSSR count). The Bertz CT molecular complexity index is 4730. The van der Waals surface area contributed by atoms with Gasteiger partial charge >= 0.3 is 12.4 Å². The monoisotopic (exact) mass is 1440 g/mol. The smallest absolute Gasteiger partial charge is 0.391 e. The first-order chi connectivity index (χ1) is 50.2. The van der Waals surface area contributed by atoms with Crippen LogP contribution in [0.25, 0.3) is 43.1 Å². The number of fused-ring (bicyclic) bond motifs is 2. The number of rotatable bonds is 22. The second kappa shape index (κ2) is 28.1. The minimum atomic E-state index is -5.17. The molecule has 2 heterocycles. The van der Waals surface area contributed by atoms with E-state index >= 15 is 45.5 Å². The highest BCUT2D eigenvalue weighted by Gasteiger charge is 2.50. The third-order valence-corrected chi connectivity index (χ3v) is 19.4. The number of halogens is 6. The molecular weight excluding hydrogens is 1370 g/mol. The van der Waals surface area contributed by atoms with Crippen LogP contribution in [0.15, 0.2) is 170 Å². The average molecular weight is 1440 g/mol. The molecule has 6 amide bonds. The molecule has 2 N–H and O–H groups in total. The van der Waals surface area contributed by atoms with Crippen molar-refractivity contribution in [1.29, 1.82) is 0 Å². The third kappa shape index (κ3) is 14.0. The van der Waals surface area contributed by atoms with Crippen molar-refractivity contribution in [3.63, 3.8) is 0 Å². The summed E-state index contributed by atoms with van der Waals surface area (Å²) in [5.74, 6) is -8.24. The second-order valence-corrected chi connectivity index (χ2v) is 28.5. The van der Waals surface area contributed by atoms with Crippen LogP contribution in [-0.4, -0.2) is 97.9 Å². The lowest BCUT2D eigenvalue weighted by molar-refractivity contribution is -0.151. The van der Waals surface area contributed by atoms with E-state index < -0.39 is 95.0 Å². The van der Waals surface area contributed by atoms with E-state index in [1.165, 1.54) is 48.5 Å². The molecule has 106 heavy (non-hydrogen) atoms. The number of hydrogen-bond acceptors (Lipinski definition) is 12. The molecule has 11 aromatic rings. The van der Waals surface area contributed by atoms with Crippen molar-refractivity contribution in [2.24, 2.45) is 0 Å². The molecule has 0 aliphatic carbocycles. The van der Waals surface area contributed by atoms with Crippen molar-refractivity contribution in [1.82, 2.24) is 9.80 Å². The van der Waals surface area contributed by atoms with Crippen molar-refractivity contribution in [3.05, 3.63) is 214 Å². The summed E-state index contributed by atoms with van der Waals surface area (Å²) in [6.45, 7) is 15.8. The maximum Gasteiger partial charge on any atom is 0.391 e. The highest BCUT2D eigenvalue weighted by Crippen LogP contribution is 2.58. The summed E-state index contributed by atoms with van der Waals surface area (Å²) in [6.07, 6.45) is -14.3. The summed E-state index contributed by atoms with van der Waals surface area (Å²) < 4.78 is 120. The van der Waals surface area contributed by atoms with Crippen molar-refractivity contribution in [3.8, 4) is 46.0 Å². The molecule has 0 bridgehead atoms. The van der Waals surface area contributed by atoms with Crippen LogP contribution in [-0.2, 0) is 9.59 Å². The molecule has 0 saturated carbocycles. The van der Waals surface area contributed by atoms with Crippen LogP contribution in [0.3, 0.4) is 0 Å².